The standard InChI is InChI=1S/C24H22N2O6S2/c1-4-32-22(27)14-26-19-10-9-17(34(3,29)30)13-21(19)33-24(26)25-23(28)18-11-15-7-5-6-8-16(15)12-20(18)31-2/h5-13H,4,14H2,1-3H3. The molecular weight excluding hydrogens is 476 g/mol. The van der Waals surface area contributed by atoms with E-state index >= 15 is 0 Å². The summed E-state index contributed by atoms with van der Waals surface area (Å²) in [4.78, 5) is 30.2. The van der Waals surface area contributed by atoms with E-state index in [9.17, 15) is 18.0 Å². The second-order valence-electron chi connectivity index (χ2n) is 7.49. The largest absolute Gasteiger partial charge is 0.496 e. The number of ether oxygens (including phenoxy) is 2. The van der Waals surface area contributed by atoms with E-state index in [2.05, 4.69) is 4.99 Å². The Kier molecular flexibility index (Phi) is 6.54. The van der Waals surface area contributed by atoms with Crippen molar-refractivity contribution < 1.29 is 27.5 Å². The number of hydrogen-bond acceptors (Lipinski definition) is 7. The zero-order chi connectivity index (χ0) is 24.5. The van der Waals surface area contributed by atoms with Gasteiger partial charge in [0.1, 0.15) is 12.3 Å². The third-order valence-electron chi connectivity index (χ3n) is 5.17. The van der Waals surface area contributed by atoms with Crippen LogP contribution in [0, 0.1) is 0 Å². The van der Waals surface area contributed by atoms with Crippen LogP contribution in [0.2, 0.25) is 0 Å². The molecule has 0 N–H and O–H groups in total. The number of fused-ring (bicyclic) bond motifs is 2. The second-order valence-corrected chi connectivity index (χ2v) is 10.5. The van der Waals surface area contributed by atoms with Crippen molar-refractivity contribution in [1.82, 2.24) is 4.57 Å². The van der Waals surface area contributed by atoms with Gasteiger partial charge >= 0.3 is 5.97 Å². The SMILES string of the molecule is CCOC(=O)Cn1c(=NC(=O)c2cc3ccccc3cc2OC)sc2cc(S(C)(=O)=O)ccc21. The Balaban J connectivity index is 1.89. The molecule has 0 radical (unpaired) electrons. The Morgan fingerprint density at radius 3 is 2.41 bits per heavy atom. The van der Waals surface area contributed by atoms with Gasteiger partial charge in [0.25, 0.3) is 5.91 Å². The number of nitrogens with zero attached hydrogens (tertiary/aromatic N) is 2. The normalized spacial score (nSPS) is 12.3. The van der Waals surface area contributed by atoms with Gasteiger partial charge in [-0.25, -0.2) is 8.42 Å². The van der Waals surface area contributed by atoms with Gasteiger partial charge in [-0.15, -0.1) is 0 Å². The summed E-state index contributed by atoms with van der Waals surface area (Å²) in [6, 6.07) is 15.6. The van der Waals surface area contributed by atoms with E-state index in [1.54, 1.807) is 29.7 Å². The number of carbonyl (C=O) groups is 2. The molecule has 3 aromatic carbocycles. The number of esters is 1. The smallest absolute Gasteiger partial charge is 0.326 e. The zero-order valence-corrected chi connectivity index (χ0v) is 20.4. The van der Waals surface area contributed by atoms with Crippen molar-refractivity contribution >= 4 is 54.0 Å². The molecule has 0 fully saturated rings. The van der Waals surface area contributed by atoms with E-state index in [0.717, 1.165) is 28.4 Å². The van der Waals surface area contributed by atoms with Crippen LogP contribution in [0.5, 0.6) is 5.75 Å². The Hall–Kier alpha value is -3.50. The molecule has 0 aliphatic heterocycles. The van der Waals surface area contributed by atoms with Crippen molar-refractivity contribution in [3.05, 3.63) is 65.0 Å². The predicted molar refractivity (Wildman–Crippen MR) is 130 cm³/mol. The highest BCUT2D eigenvalue weighted by Crippen LogP contribution is 2.27. The summed E-state index contributed by atoms with van der Waals surface area (Å²) in [6.45, 7) is 1.74. The molecule has 4 aromatic rings. The van der Waals surface area contributed by atoms with Crippen molar-refractivity contribution in [2.45, 2.75) is 18.4 Å². The van der Waals surface area contributed by atoms with Crippen LogP contribution in [0.25, 0.3) is 21.0 Å². The Bertz CT molecular complexity index is 1600. The number of rotatable bonds is 6. The van der Waals surface area contributed by atoms with Crippen molar-refractivity contribution in [3.8, 4) is 5.75 Å². The first-order valence-corrected chi connectivity index (χ1v) is 13.1. The summed E-state index contributed by atoms with van der Waals surface area (Å²) < 4.78 is 36.6. The van der Waals surface area contributed by atoms with E-state index < -0.39 is 21.7 Å². The molecule has 0 unspecified atom stereocenters. The number of benzene rings is 3. The lowest BCUT2D eigenvalue weighted by molar-refractivity contribution is -0.143. The average Bonchev–Trinajstić information content (AvgIpc) is 3.13. The van der Waals surface area contributed by atoms with Crippen molar-refractivity contribution in [2.75, 3.05) is 20.0 Å². The summed E-state index contributed by atoms with van der Waals surface area (Å²) in [5.74, 6) is -0.661. The number of sulfone groups is 1. The van der Waals surface area contributed by atoms with Crippen LogP contribution in [0.4, 0.5) is 0 Å². The molecule has 0 bridgehead atoms. The van der Waals surface area contributed by atoms with E-state index in [0.29, 0.717) is 16.0 Å². The summed E-state index contributed by atoms with van der Waals surface area (Å²) in [7, 11) is -1.95. The summed E-state index contributed by atoms with van der Waals surface area (Å²) in [6.07, 6.45) is 1.12. The van der Waals surface area contributed by atoms with Crippen LogP contribution >= 0.6 is 11.3 Å². The fraction of sp³-hybridized carbons (Fsp3) is 0.208. The molecule has 0 aliphatic carbocycles. The topological polar surface area (TPSA) is 104 Å². The van der Waals surface area contributed by atoms with Gasteiger partial charge in [0.15, 0.2) is 14.6 Å². The first kappa shape index (κ1) is 23.7. The highest BCUT2D eigenvalue weighted by atomic mass is 32.2. The minimum atomic E-state index is -3.43. The molecule has 1 aromatic heterocycles. The number of amides is 1. The van der Waals surface area contributed by atoms with Crippen molar-refractivity contribution in [1.29, 1.82) is 0 Å². The Labute approximate surface area is 200 Å². The third kappa shape index (κ3) is 4.73. The quantitative estimate of drug-likeness (QED) is 0.377. The van der Waals surface area contributed by atoms with E-state index in [4.69, 9.17) is 9.47 Å². The molecule has 176 valence electrons. The summed E-state index contributed by atoms with van der Waals surface area (Å²) in [5, 5.41) is 1.78. The van der Waals surface area contributed by atoms with Gasteiger partial charge < -0.3 is 14.0 Å². The molecule has 0 spiro atoms. The minimum Gasteiger partial charge on any atom is -0.496 e. The van der Waals surface area contributed by atoms with E-state index in [1.807, 2.05) is 24.3 Å². The molecule has 0 saturated carbocycles. The maximum Gasteiger partial charge on any atom is 0.326 e. The van der Waals surface area contributed by atoms with Gasteiger partial charge in [0.05, 0.1) is 34.4 Å². The molecule has 0 saturated heterocycles. The van der Waals surface area contributed by atoms with Gasteiger partial charge in [-0.05, 0) is 48.0 Å². The lowest BCUT2D eigenvalue weighted by Gasteiger charge is -2.08. The van der Waals surface area contributed by atoms with E-state index in [-0.39, 0.29) is 28.4 Å². The number of methoxy groups -OCH3 is 1. The molecule has 0 atom stereocenters. The van der Waals surface area contributed by atoms with Crippen LogP contribution in [0.3, 0.4) is 0 Å². The highest BCUT2D eigenvalue weighted by Gasteiger charge is 2.17. The van der Waals surface area contributed by atoms with Gasteiger partial charge in [0.2, 0.25) is 0 Å². The van der Waals surface area contributed by atoms with Crippen LogP contribution in [-0.4, -0.2) is 44.8 Å². The fourth-order valence-electron chi connectivity index (χ4n) is 3.56. The van der Waals surface area contributed by atoms with Crippen LogP contribution in [0.1, 0.15) is 17.3 Å². The average molecular weight is 499 g/mol. The number of aromatic nitrogens is 1. The fourth-order valence-corrected chi connectivity index (χ4v) is 5.35. The first-order valence-electron chi connectivity index (χ1n) is 10.4. The maximum absolute atomic E-state index is 13.2. The molecule has 8 nitrogen and oxygen atoms in total. The molecule has 34 heavy (non-hydrogen) atoms. The van der Waals surface area contributed by atoms with Crippen LogP contribution < -0.4 is 9.54 Å². The summed E-state index contributed by atoms with van der Waals surface area (Å²) >= 11 is 1.12. The van der Waals surface area contributed by atoms with Crippen molar-refractivity contribution in [3.63, 3.8) is 0 Å². The first-order chi connectivity index (χ1) is 16.2. The molecule has 1 heterocycles. The number of thiazole rings is 1. The predicted octanol–water partition coefficient (Wildman–Crippen LogP) is 3.57. The van der Waals surface area contributed by atoms with Gasteiger partial charge in [0, 0.05) is 6.26 Å². The Morgan fingerprint density at radius 2 is 1.76 bits per heavy atom. The van der Waals surface area contributed by atoms with Gasteiger partial charge in [-0.2, -0.15) is 4.99 Å². The third-order valence-corrected chi connectivity index (χ3v) is 7.32. The molecular formula is C24H22N2O6S2. The Morgan fingerprint density at radius 1 is 1.06 bits per heavy atom. The molecule has 10 heteroatoms. The minimum absolute atomic E-state index is 0.138. The van der Waals surface area contributed by atoms with Crippen LogP contribution in [0.15, 0.2) is 64.5 Å². The number of hydrogen-bond donors (Lipinski definition) is 0. The second kappa shape index (κ2) is 9.40. The lowest BCUT2D eigenvalue weighted by Crippen LogP contribution is -2.23. The van der Waals surface area contributed by atoms with Crippen molar-refractivity contribution in [2.24, 2.45) is 4.99 Å². The monoisotopic (exact) mass is 498 g/mol. The van der Waals surface area contributed by atoms with Gasteiger partial charge in [-0.3, -0.25) is 9.59 Å². The van der Waals surface area contributed by atoms with Crippen LogP contribution in [-0.2, 0) is 25.9 Å². The van der Waals surface area contributed by atoms with Gasteiger partial charge in [-0.1, -0.05) is 35.6 Å². The maximum atomic E-state index is 13.2. The summed E-state index contributed by atoms with van der Waals surface area (Å²) in [5.41, 5.74) is 0.848. The number of carbonyl (C=O) groups excluding carboxylic acids is 2. The molecule has 1 amide bonds. The molecule has 0 aliphatic rings. The molecule has 4 rings (SSSR count). The zero-order valence-electron chi connectivity index (χ0n) is 18.8. The van der Waals surface area contributed by atoms with E-state index in [1.165, 1.54) is 19.2 Å². The lowest BCUT2D eigenvalue weighted by atomic mass is 10.1. The highest BCUT2D eigenvalue weighted by molar-refractivity contribution is 7.90.